The van der Waals surface area contributed by atoms with E-state index in [-0.39, 0.29) is 47.3 Å². The zero-order valence-corrected chi connectivity index (χ0v) is 20.4. The maximum atomic E-state index is 12.2. The molecule has 2 aliphatic heterocycles. The second-order valence-corrected chi connectivity index (χ2v) is 8.61. The van der Waals surface area contributed by atoms with E-state index in [1.54, 1.807) is 0 Å². The van der Waals surface area contributed by atoms with Gasteiger partial charge in [-0.2, -0.15) is 0 Å². The van der Waals surface area contributed by atoms with Crippen molar-refractivity contribution in [3.63, 3.8) is 0 Å². The van der Waals surface area contributed by atoms with E-state index >= 15 is 0 Å². The molecule has 4 rings (SSSR count). The minimum Gasteiger partial charge on any atom is -0.454 e. The van der Waals surface area contributed by atoms with Crippen molar-refractivity contribution in [1.29, 1.82) is 0 Å². The number of nitrogens with zero attached hydrogens (tertiary/aromatic N) is 2. The summed E-state index contributed by atoms with van der Waals surface area (Å²) in [5.41, 5.74) is 1.37. The lowest BCUT2D eigenvalue weighted by molar-refractivity contribution is -0.133. The number of amides is 1. The number of likely N-dealkylation sites (tertiary alicyclic amines) is 1. The molecule has 1 saturated carbocycles. The van der Waals surface area contributed by atoms with Gasteiger partial charge >= 0.3 is 0 Å². The molecule has 1 saturated heterocycles. The number of nitrogens with one attached hydrogen (secondary N) is 2. The number of rotatable bonds is 6. The van der Waals surface area contributed by atoms with Crippen molar-refractivity contribution in [3.8, 4) is 11.5 Å². The van der Waals surface area contributed by atoms with Crippen LogP contribution in [0.3, 0.4) is 0 Å². The number of fused-ring (bicyclic) bond motifs is 1. The summed E-state index contributed by atoms with van der Waals surface area (Å²) >= 11 is 0. The van der Waals surface area contributed by atoms with E-state index in [0.29, 0.717) is 6.79 Å². The van der Waals surface area contributed by atoms with Crippen LogP contribution in [0, 0.1) is 5.92 Å². The lowest BCUT2D eigenvalue weighted by atomic mass is 9.96. The molecule has 0 aromatic heterocycles. The molecule has 1 atom stereocenters. The van der Waals surface area contributed by atoms with Crippen molar-refractivity contribution in [2.75, 3.05) is 33.0 Å². The molecule has 0 bridgehead atoms. The third-order valence-corrected chi connectivity index (χ3v) is 6.06. The summed E-state index contributed by atoms with van der Waals surface area (Å²) < 4.78 is 11.0. The average Bonchev–Trinajstić information content (AvgIpc) is 3.12. The Hall–Kier alpha value is -1.71. The van der Waals surface area contributed by atoms with Crippen LogP contribution in [-0.2, 0) is 10.2 Å². The number of hydrogen-bond donors (Lipinski definition) is 2. The van der Waals surface area contributed by atoms with Crippen LogP contribution in [0.4, 0.5) is 0 Å². The molecule has 7 nitrogen and oxygen atoms in total. The van der Waals surface area contributed by atoms with E-state index in [1.807, 2.05) is 24.8 Å². The van der Waals surface area contributed by atoms with Crippen LogP contribution in [0.5, 0.6) is 11.5 Å². The number of aliphatic imine (C=N–C) groups is 1. The Balaban J connectivity index is 0.00000256. The number of hydrogen-bond acceptors (Lipinski definition) is 4. The Kier molecular flexibility index (Phi) is 7.36. The number of halogens is 1. The van der Waals surface area contributed by atoms with Gasteiger partial charge in [0.15, 0.2) is 17.5 Å². The number of ether oxygens (including phenoxy) is 2. The van der Waals surface area contributed by atoms with Crippen LogP contribution in [0.1, 0.15) is 45.6 Å². The highest BCUT2D eigenvalue weighted by Crippen LogP contribution is 2.50. The van der Waals surface area contributed by atoms with Gasteiger partial charge in [0, 0.05) is 37.0 Å². The zero-order valence-electron chi connectivity index (χ0n) is 18.1. The quantitative estimate of drug-likeness (QED) is 0.338. The number of guanidine groups is 1. The summed E-state index contributed by atoms with van der Waals surface area (Å²) in [4.78, 5) is 19.1. The van der Waals surface area contributed by atoms with Gasteiger partial charge in [0.25, 0.3) is 0 Å². The van der Waals surface area contributed by atoms with Crippen LogP contribution >= 0.6 is 24.0 Å². The molecule has 1 aromatic rings. The Bertz CT molecular complexity index is 795. The summed E-state index contributed by atoms with van der Waals surface area (Å²) in [7, 11) is 0. The maximum absolute atomic E-state index is 12.2. The fourth-order valence-electron chi connectivity index (χ4n) is 4.10. The zero-order chi connectivity index (χ0) is 20.4. The van der Waals surface area contributed by atoms with Gasteiger partial charge in [0.2, 0.25) is 12.7 Å². The Morgan fingerprint density at radius 3 is 2.77 bits per heavy atom. The summed E-state index contributed by atoms with van der Waals surface area (Å²) in [5.74, 6) is 2.78. The SMILES string of the molecule is CCNC(=NCC1(c2ccc3c(c2)OCO3)CC1)NC1CCN(C(=O)C(C)C)C1.I. The highest BCUT2D eigenvalue weighted by molar-refractivity contribution is 14.0. The molecule has 2 fully saturated rings. The molecule has 1 amide bonds. The van der Waals surface area contributed by atoms with E-state index in [9.17, 15) is 4.79 Å². The van der Waals surface area contributed by atoms with E-state index < -0.39 is 0 Å². The Morgan fingerprint density at radius 1 is 1.30 bits per heavy atom. The van der Waals surface area contributed by atoms with Crippen molar-refractivity contribution in [2.24, 2.45) is 10.9 Å². The van der Waals surface area contributed by atoms with E-state index in [1.165, 1.54) is 5.56 Å². The molecule has 30 heavy (non-hydrogen) atoms. The van der Waals surface area contributed by atoms with Gasteiger partial charge in [-0.15, -0.1) is 24.0 Å². The van der Waals surface area contributed by atoms with E-state index in [4.69, 9.17) is 14.5 Å². The van der Waals surface area contributed by atoms with Gasteiger partial charge in [0.05, 0.1) is 6.54 Å². The summed E-state index contributed by atoms with van der Waals surface area (Å²) in [5, 5.41) is 6.90. The molecule has 3 aliphatic rings. The van der Waals surface area contributed by atoms with E-state index in [2.05, 4.69) is 29.7 Å². The molecular weight excluding hydrogens is 495 g/mol. The van der Waals surface area contributed by atoms with Crippen LogP contribution in [-0.4, -0.2) is 55.8 Å². The monoisotopic (exact) mass is 528 g/mol. The standard InChI is InChI=1S/C22H32N4O3.HI/c1-4-23-21(25-17-7-10-26(12-17)20(27)15(2)3)24-13-22(8-9-22)16-5-6-18-19(11-16)29-14-28-18;/h5-6,11,15,17H,4,7-10,12-14H2,1-3H3,(H2,23,24,25);1H. The fourth-order valence-corrected chi connectivity index (χ4v) is 4.10. The third kappa shape index (κ3) is 4.95. The normalized spacial score (nSPS) is 21.4. The molecule has 2 N–H and O–H groups in total. The number of carbonyl (C=O) groups excluding carboxylic acids is 1. The smallest absolute Gasteiger partial charge is 0.231 e. The van der Waals surface area contributed by atoms with Gasteiger partial charge in [-0.3, -0.25) is 9.79 Å². The van der Waals surface area contributed by atoms with Gasteiger partial charge in [-0.25, -0.2) is 0 Å². The lowest BCUT2D eigenvalue weighted by Gasteiger charge is -2.21. The third-order valence-electron chi connectivity index (χ3n) is 6.06. The Morgan fingerprint density at radius 2 is 2.07 bits per heavy atom. The first-order valence-electron chi connectivity index (χ1n) is 10.7. The molecule has 1 aromatic carbocycles. The van der Waals surface area contributed by atoms with Crippen LogP contribution in [0.25, 0.3) is 0 Å². The van der Waals surface area contributed by atoms with Gasteiger partial charge in [-0.1, -0.05) is 19.9 Å². The van der Waals surface area contributed by atoms with Crippen molar-refractivity contribution < 1.29 is 14.3 Å². The second kappa shape index (κ2) is 9.62. The summed E-state index contributed by atoms with van der Waals surface area (Å²) in [6.45, 7) is 9.40. The molecule has 8 heteroatoms. The van der Waals surface area contributed by atoms with Crippen LogP contribution in [0.2, 0.25) is 0 Å². The maximum Gasteiger partial charge on any atom is 0.231 e. The molecular formula is C22H33IN4O3. The summed E-state index contributed by atoms with van der Waals surface area (Å²) in [6.07, 6.45) is 3.22. The number of benzene rings is 1. The number of carbonyl (C=O) groups is 1. The molecule has 1 unspecified atom stereocenters. The van der Waals surface area contributed by atoms with Crippen molar-refractivity contribution in [2.45, 2.75) is 51.5 Å². The van der Waals surface area contributed by atoms with E-state index in [0.717, 1.165) is 62.9 Å². The first kappa shape index (κ1) is 23.0. The highest BCUT2D eigenvalue weighted by Gasteiger charge is 2.45. The second-order valence-electron chi connectivity index (χ2n) is 8.61. The molecule has 2 heterocycles. The minimum absolute atomic E-state index is 0. The molecule has 1 aliphatic carbocycles. The average molecular weight is 528 g/mol. The lowest BCUT2D eigenvalue weighted by Crippen LogP contribution is -2.45. The first-order valence-corrected chi connectivity index (χ1v) is 10.7. The predicted molar refractivity (Wildman–Crippen MR) is 128 cm³/mol. The molecule has 166 valence electrons. The molecule has 0 radical (unpaired) electrons. The van der Waals surface area contributed by atoms with Crippen molar-refractivity contribution >= 4 is 35.8 Å². The van der Waals surface area contributed by atoms with Crippen LogP contribution < -0.4 is 20.1 Å². The largest absolute Gasteiger partial charge is 0.454 e. The first-order chi connectivity index (χ1) is 14.0. The minimum atomic E-state index is 0. The van der Waals surface area contributed by atoms with Gasteiger partial charge in [0.1, 0.15) is 0 Å². The fraction of sp³-hybridized carbons (Fsp3) is 0.636. The summed E-state index contributed by atoms with van der Waals surface area (Å²) in [6, 6.07) is 6.50. The Labute approximate surface area is 196 Å². The van der Waals surface area contributed by atoms with Crippen LogP contribution in [0.15, 0.2) is 23.2 Å². The molecule has 0 spiro atoms. The van der Waals surface area contributed by atoms with Crippen molar-refractivity contribution in [1.82, 2.24) is 15.5 Å². The highest BCUT2D eigenvalue weighted by atomic mass is 127. The predicted octanol–water partition coefficient (Wildman–Crippen LogP) is 2.88. The van der Waals surface area contributed by atoms with Gasteiger partial charge in [-0.05, 0) is 43.9 Å². The van der Waals surface area contributed by atoms with Gasteiger partial charge < -0.3 is 25.0 Å². The van der Waals surface area contributed by atoms with Crippen molar-refractivity contribution in [3.05, 3.63) is 23.8 Å². The topological polar surface area (TPSA) is 75.2 Å².